The molecule has 1 N–H and O–H groups in total. The number of para-hydroxylation sites is 1. The number of ether oxygens (including phenoxy) is 1. The molecule has 5 aromatic carbocycles. The average Bonchev–Trinajstić information content (AvgIpc) is 3.32. The summed E-state index contributed by atoms with van der Waals surface area (Å²) in [6.07, 6.45) is 9.21. The number of aryl methyl sites for hydroxylation is 1. The second-order valence-electron chi connectivity index (χ2n) is 16.0. The molecule has 61 heavy (non-hydrogen) atoms. The Morgan fingerprint density at radius 3 is 1.79 bits per heavy atom. The van der Waals surface area contributed by atoms with Gasteiger partial charge in [0.1, 0.15) is 11.8 Å². The molecule has 1 aliphatic heterocycles. The minimum atomic E-state index is -0.673. The third-order valence-corrected chi connectivity index (χ3v) is 13.3. The normalized spacial score (nSPS) is 14.5. The summed E-state index contributed by atoms with van der Waals surface area (Å²) in [5.74, 6) is -0.973. The molecule has 0 aromatic heterocycles. The molecule has 318 valence electrons. The Morgan fingerprint density at radius 2 is 1.18 bits per heavy atom. The van der Waals surface area contributed by atoms with Gasteiger partial charge in [0.2, 0.25) is 11.7 Å². The Labute approximate surface area is 366 Å². The van der Waals surface area contributed by atoms with Gasteiger partial charge in [-0.3, -0.25) is 19.2 Å². The first-order valence-electron chi connectivity index (χ1n) is 22.2. The lowest BCUT2D eigenvalue weighted by Gasteiger charge is -2.35. The predicted octanol–water partition coefficient (Wildman–Crippen LogP) is 10.8. The van der Waals surface area contributed by atoms with E-state index in [4.69, 9.17) is 4.74 Å². The fourth-order valence-corrected chi connectivity index (χ4v) is 9.98. The summed E-state index contributed by atoms with van der Waals surface area (Å²) < 4.78 is 5.19. The van der Waals surface area contributed by atoms with E-state index in [9.17, 15) is 19.2 Å². The lowest BCUT2D eigenvalue weighted by Crippen LogP contribution is -2.54. The van der Waals surface area contributed by atoms with E-state index in [1.165, 1.54) is 27.2 Å². The van der Waals surface area contributed by atoms with Crippen molar-refractivity contribution in [3.8, 4) is 5.75 Å². The van der Waals surface area contributed by atoms with Crippen LogP contribution in [0.15, 0.2) is 152 Å². The predicted molar refractivity (Wildman–Crippen MR) is 246 cm³/mol. The highest BCUT2D eigenvalue weighted by Gasteiger charge is 2.38. The lowest BCUT2D eigenvalue weighted by atomic mass is 9.84. The van der Waals surface area contributed by atoms with Crippen molar-refractivity contribution in [2.24, 2.45) is 5.92 Å². The summed E-state index contributed by atoms with van der Waals surface area (Å²) in [6.45, 7) is 0.868. The second-order valence-corrected chi connectivity index (χ2v) is 17.3. The van der Waals surface area contributed by atoms with E-state index in [0.29, 0.717) is 31.7 Å². The Hall–Kier alpha value is -5.47. The molecule has 2 amide bonds. The monoisotopic (exact) mass is 836 g/mol. The van der Waals surface area contributed by atoms with E-state index in [1.54, 1.807) is 24.3 Å². The van der Waals surface area contributed by atoms with Crippen molar-refractivity contribution in [3.05, 3.63) is 174 Å². The molecule has 0 radical (unpaired) electrons. The summed E-state index contributed by atoms with van der Waals surface area (Å²) in [6, 6.07) is 50.6. The lowest BCUT2D eigenvalue weighted by molar-refractivity contribution is -0.152. The maximum atomic E-state index is 14.1. The summed E-state index contributed by atoms with van der Waals surface area (Å²) in [5.41, 5.74) is 4.98. The molecule has 1 saturated heterocycles. The van der Waals surface area contributed by atoms with E-state index < -0.39 is 29.6 Å². The SMILES string of the molecule is O=C(CCC(CCCCCCCSC(c1ccccc1)(c1ccccc1)c1ccccc1)C(=O)C(=O)N1CCCCC1C(=O)NCCCc1ccccc1)Oc1ccccc1. The van der Waals surface area contributed by atoms with Gasteiger partial charge in [-0.25, -0.2) is 0 Å². The number of rotatable bonds is 23. The highest BCUT2D eigenvalue weighted by Crippen LogP contribution is 2.48. The molecule has 2 atom stereocenters. The van der Waals surface area contributed by atoms with Crippen LogP contribution >= 0.6 is 11.8 Å². The third kappa shape index (κ3) is 13.0. The molecule has 1 heterocycles. The molecule has 8 heteroatoms. The number of Topliss-reactive ketones (excluding diaryl/α,β-unsaturated/α-hetero) is 1. The molecule has 0 spiro atoms. The number of unbranched alkanes of at least 4 members (excludes halogenated alkanes) is 4. The molecule has 0 aliphatic carbocycles. The van der Waals surface area contributed by atoms with E-state index in [-0.39, 0.29) is 23.5 Å². The number of ketones is 1. The number of carbonyl (C=O) groups is 4. The number of benzene rings is 5. The summed E-state index contributed by atoms with van der Waals surface area (Å²) in [7, 11) is 0. The van der Waals surface area contributed by atoms with Gasteiger partial charge in [0.25, 0.3) is 5.91 Å². The zero-order valence-electron chi connectivity index (χ0n) is 35.3. The topological polar surface area (TPSA) is 92.8 Å². The number of esters is 1. The van der Waals surface area contributed by atoms with Crippen LogP contribution in [0.25, 0.3) is 0 Å². The van der Waals surface area contributed by atoms with Crippen LogP contribution in [-0.2, 0) is 30.3 Å². The Kier molecular flexibility index (Phi) is 17.8. The van der Waals surface area contributed by atoms with Crippen molar-refractivity contribution in [1.29, 1.82) is 0 Å². The van der Waals surface area contributed by atoms with Crippen LogP contribution in [0.5, 0.6) is 5.75 Å². The molecule has 7 nitrogen and oxygen atoms in total. The fraction of sp³-hybridized carbons (Fsp3) is 0.358. The first-order valence-corrected chi connectivity index (χ1v) is 23.2. The van der Waals surface area contributed by atoms with Crippen molar-refractivity contribution in [3.63, 3.8) is 0 Å². The number of amides is 2. The number of hydrogen-bond acceptors (Lipinski definition) is 6. The van der Waals surface area contributed by atoms with Crippen molar-refractivity contribution in [1.82, 2.24) is 10.2 Å². The fourth-order valence-electron chi connectivity index (χ4n) is 8.42. The van der Waals surface area contributed by atoms with Crippen LogP contribution in [0.4, 0.5) is 0 Å². The van der Waals surface area contributed by atoms with Gasteiger partial charge in [-0.1, -0.05) is 165 Å². The summed E-state index contributed by atoms with van der Waals surface area (Å²) >= 11 is 1.97. The second kappa shape index (κ2) is 24.1. The number of carbonyl (C=O) groups excluding carboxylic acids is 4. The van der Waals surface area contributed by atoms with Crippen LogP contribution in [0.2, 0.25) is 0 Å². The molecule has 6 rings (SSSR count). The number of nitrogens with zero attached hydrogens (tertiary/aromatic N) is 1. The molecule has 5 aromatic rings. The zero-order valence-corrected chi connectivity index (χ0v) is 36.1. The minimum absolute atomic E-state index is 0.0210. The summed E-state index contributed by atoms with van der Waals surface area (Å²) in [5, 5.41) is 3.03. The molecule has 1 aliphatic rings. The van der Waals surface area contributed by atoms with Gasteiger partial charge in [0.15, 0.2) is 0 Å². The van der Waals surface area contributed by atoms with Crippen molar-refractivity contribution in [2.45, 2.75) is 94.3 Å². The Bertz CT molecular complexity index is 1990. The number of thioether (sulfide) groups is 1. The van der Waals surface area contributed by atoms with Crippen LogP contribution in [0.1, 0.15) is 99.3 Å². The smallest absolute Gasteiger partial charge is 0.311 e. The van der Waals surface area contributed by atoms with Crippen molar-refractivity contribution in [2.75, 3.05) is 18.8 Å². The van der Waals surface area contributed by atoms with Crippen LogP contribution in [0, 0.1) is 5.92 Å². The maximum Gasteiger partial charge on any atom is 0.311 e. The van der Waals surface area contributed by atoms with E-state index in [2.05, 4.69) is 108 Å². The number of hydrogen-bond donors (Lipinski definition) is 1. The minimum Gasteiger partial charge on any atom is -0.427 e. The van der Waals surface area contributed by atoms with Crippen LogP contribution < -0.4 is 10.1 Å². The number of likely N-dealkylation sites (tertiary alicyclic amines) is 1. The molecule has 0 saturated carbocycles. The number of piperidine rings is 1. The van der Waals surface area contributed by atoms with Crippen molar-refractivity contribution < 1.29 is 23.9 Å². The molecule has 2 unspecified atom stereocenters. The van der Waals surface area contributed by atoms with Crippen LogP contribution in [0.3, 0.4) is 0 Å². The van der Waals surface area contributed by atoms with Gasteiger partial charge in [-0.2, -0.15) is 0 Å². The van der Waals surface area contributed by atoms with E-state index in [0.717, 1.165) is 63.5 Å². The van der Waals surface area contributed by atoms with Gasteiger partial charge in [-0.05, 0) is 91.5 Å². The molecule has 0 bridgehead atoms. The quantitative estimate of drug-likeness (QED) is 0.0232. The van der Waals surface area contributed by atoms with Gasteiger partial charge in [0, 0.05) is 25.4 Å². The highest BCUT2D eigenvalue weighted by atomic mass is 32.2. The average molecular weight is 837 g/mol. The van der Waals surface area contributed by atoms with Crippen LogP contribution in [-0.4, -0.2) is 53.4 Å². The first kappa shape index (κ1) is 45.1. The first-order chi connectivity index (χ1) is 30.0. The molecular weight excluding hydrogens is 777 g/mol. The van der Waals surface area contributed by atoms with E-state index >= 15 is 0 Å². The highest BCUT2D eigenvalue weighted by molar-refractivity contribution is 8.00. The van der Waals surface area contributed by atoms with Gasteiger partial charge < -0.3 is 15.0 Å². The standard InChI is InChI=1S/C53H60N2O5S/c56-49(60-47-34-18-8-19-35-47)38-37-43(50(57)52(59)55-40-21-20-36-48(55)51(58)54-39-23-26-42-24-9-4-10-25-42)27-11-2-1-3-22-41-61-53(44-28-12-5-13-29-44,45-30-14-6-15-31-45)46-32-16-7-17-33-46/h4-10,12-19,24-25,28-35,43,48H,1-3,11,20-23,26-27,36-41H2,(H,54,58). The largest absolute Gasteiger partial charge is 0.427 e. The summed E-state index contributed by atoms with van der Waals surface area (Å²) in [4.78, 5) is 55.9. The van der Waals surface area contributed by atoms with Gasteiger partial charge in [0.05, 0.1) is 4.75 Å². The number of nitrogens with one attached hydrogen (secondary N) is 1. The zero-order chi connectivity index (χ0) is 42.5. The van der Waals surface area contributed by atoms with Gasteiger partial charge in [-0.15, -0.1) is 11.8 Å². The van der Waals surface area contributed by atoms with Gasteiger partial charge >= 0.3 is 5.97 Å². The van der Waals surface area contributed by atoms with Crippen molar-refractivity contribution >= 4 is 35.3 Å². The third-order valence-electron chi connectivity index (χ3n) is 11.7. The van der Waals surface area contributed by atoms with E-state index in [1.807, 2.05) is 36.0 Å². The molecular formula is C53H60N2O5S. The Balaban J connectivity index is 1.03. The molecule has 1 fully saturated rings. The maximum absolute atomic E-state index is 14.1. The Morgan fingerprint density at radius 1 is 0.639 bits per heavy atom.